The van der Waals surface area contributed by atoms with Crippen molar-refractivity contribution in [1.82, 2.24) is 0 Å². The second-order valence-corrected chi connectivity index (χ2v) is 11.3. The first-order valence-electron chi connectivity index (χ1n) is 13.6. The fourth-order valence-electron chi connectivity index (χ4n) is 5.83. The number of hydrogen-bond donors (Lipinski definition) is 0. The molecule has 1 atom stereocenters. The van der Waals surface area contributed by atoms with E-state index < -0.39 is 5.60 Å². The summed E-state index contributed by atoms with van der Waals surface area (Å²) < 4.78 is 6.16. The number of rotatable bonds is 6. The fourth-order valence-corrected chi connectivity index (χ4v) is 5.83. The van der Waals surface area contributed by atoms with E-state index in [1.807, 2.05) is 19.9 Å². The largest absolute Gasteiger partial charge is 0.455 e. The van der Waals surface area contributed by atoms with Crippen LogP contribution < -0.4 is 0 Å². The summed E-state index contributed by atoms with van der Waals surface area (Å²) in [5, 5.41) is 4.81. The Labute approximate surface area is 215 Å². The topological polar surface area (TPSA) is 26.3 Å². The third-order valence-electron chi connectivity index (χ3n) is 8.51. The van der Waals surface area contributed by atoms with Crippen LogP contribution in [-0.4, -0.2) is 5.97 Å². The Bertz CT molecular complexity index is 1360. The normalized spacial score (nSPS) is 19.3. The summed E-state index contributed by atoms with van der Waals surface area (Å²) in [6.45, 7) is 8.65. The van der Waals surface area contributed by atoms with Crippen molar-refractivity contribution < 1.29 is 9.53 Å². The smallest absolute Gasteiger partial charge is 0.309 e. The molecular formula is C34H38O2. The quantitative estimate of drug-likeness (QED) is 0.204. The highest BCUT2D eigenvalue weighted by Crippen LogP contribution is 2.37. The van der Waals surface area contributed by atoms with Crippen LogP contribution in [0.4, 0.5) is 0 Å². The van der Waals surface area contributed by atoms with Crippen LogP contribution in [0.3, 0.4) is 0 Å². The highest BCUT2D eigenvalue weighted by atomic mass is 16.6. The third-order valence-corrected chi connectivity index (χ3v) is 8.51. The van der Waals surface area contributed by atoms with Gasteiger partial charge in [0, 0.05) is 0 Å². The van der Waals surface area contributed by atoms with Gasteiger partial charge in [-0.3, -0.25) is 4.79 Å². The molecule has 36 heavy (non-hydrogen) atoms. The van der Waals surface area contributed by atoms with Gasteiger partial charge in [0.1, 0.15) is 5.60 Å². The van der Waals surface area contributed by atoms with Crippen LogP contribution in [0.5, 0.6) is 0 Å². The molecule has 1 saturated carbocycles. The molecule has 1 aliphatic rings. The lowest BCUT2D eigenvalue weighted by molar-refractivity contribution is -0.164. The maximum absolute atomic E-state index is 13.1. The predicted molar refractivity (Wildman–Crippen MR) is 151 cm³/mol. The Kier molecular flexibility index (Phi) is 6.88. The number of carbonyl (C=O) groups excluding carboxylic acids is 1. The number of benzene rings is 4. The van der Waals surface area contributed by atoms with Crippen LogP contribution >= 0.6 is 0 Å². The number of fused-ring (bicyclic) bond motifs is 2. The summed E-state index contributed by atoms with van der Waals surface area (Å²) in [6, 6.07) is 28.1. The van der Waals surface area contributed by atoms with Crippen LogP contribution in [0.1, 0.15) is 65.4 Å². The van der Waals surface area contributed by atoms with Gasteiger partial charge in [-0.1, -0.05) is 74.9 Å². The first-order valence-corrected chi connectivity index (χ1v) is 13.6. The molecule has 0 aromatic heterocycles. The zero-order valence-electron chi connectivity index (χ0n) is 22.1. The summed E-state index contributed by atoms with van der Waals surface area (Å²) in [6.07, 6.45) is 5.42. The molecule has 4 aromatic carbocycles. The van der Waals surface area contributed by atoms with E-state index in [0.29, 0.717) is 0 Å². The lowest BCUT2D eigenvalue weighted by atomic mass is 9.75. The molecule has 4 aromatic rings. The highest BCUT2D eigenvalue weighted by molar-refractivity contribution is 6.00. The second-order valence-electron chi connectivity index (χ2n) is 11.3. The first-order chi connectivity index (χ1) is 17.3. The van der Waals surface area contributed by atoms with Crippen LogP contribution in [-0.2, 0) is 15.1 Å². The fraction of sp³-hybridized carbons (Fsp3) is 0.382. The molecule has 0 heterocycles. The van der Waals surface area contributed by atoms with Crippen LogP contribution in [0, 0.1) is 17.8 Å². The molecule has 0 bridgehead atoms. The van der Waals surface area contributed by atoms with Crippen LogP contribution in [0.25, 0.3) is 32.7 Å². The lowest BCUT2D eigenvalue weighted by Crippen LogP contribution is -2.32. The monoisotopic (exact) mass is 478 g/mol. The third kappa shape index (κ3) is 5.05. The molecule has 0 N–H and O–H groups in total. The van der Waals surface area contributed by atoms with Crippen molar-refractivity contribution >= 4 is 27.5 Å². The van der Waals surface area contributed by atoms with Gasteiger partial charge >= 0.3 is 5.97 Å². The van der Waals surface area contributed by atoms with Gasteiger partial charge in [-0.05, 0) is 114 Å². The Hall–Kier alpha value is -3.13. The highest BCUT2D eigenvalue weighted by Gasteiger charge is 2.33. The molecule has 2 heteroatoms. The average Bonchev–Trinajstić information content (AvgIpc) is 2.91. The minimum atomic E-state index is -0.667. The maximum atomic E-state index is 13.1. The molecule has 1 aliphatic carbocycles. The predicted octanol–water partition coefficient (Wildman–Crippen LogP) is 9.29. The van der Waals surface area contributed by atoms with E-state index in [2.05, 4.69) is 86.6 Å². The van der Waals surface area contributed by atoms with Gasteiger partial charge in [0.25, 0.3) is 0 Å². The average molecular weight is 479 g/mol. The lowest BCUT2D eigenvalue weighted by Gasteiger charge is -2.33. The minimum absolute atomic E-state index is 0.0328. The van der Waals surface area contributed by atoms with E-state index in [1.165, 1.54) is 39.1 Å². The zero-order chi connectivity index (χ0) is 25.3. The SMILES string of the molecule is CCC(C)C1CCC(C(=O)OC(C)(C)c2ccc3cc4ccc(-c5ccccc5)cc4cc3c2)CC1. The van der Waals surface area contributed by atoms with Crippen molar-refractivity contribution in [3.8, 4) is 11.1 Å². The summed E-state index contributed by atoms with van der Waals surface area (Å²) in [5.41, 5.74) is 2.81. The second kappa shape index (κ2) is 10.1. The number of ether oxygens (including phenoxy) is 1. The molecule has 1 unspecified atom stereocenters. The van der Waals surface area contributed by atoms with Crippen molar-refractivity contribution in [1.29, 1.82) is 0 Å². The van der Waals surface area contributed by atoms with Gasteiger partial charge < -0.3 is 4.74 Å². The maximum Gasteiger partial charge on any atom is 0.309 e. The van der Waals surface area contributed by atoms with Crippen molar-refractivity contribution in [2.75, 3.05) is 0 Å². The van der Waals surface area contributed by atoms with E-state index in [0.717, 1.165) is 43.1 Å². The number of hydrogen-bond acceptors (Lipinski definition) is 2. The van der Waals surface area contributed by atoms with Gasteiger partial charge in [-0.25, -0.2) is 0 Å². The Morgan fingerprint density at radius 3 is 2.14 bits per heavy atom. The molecule has 2 nitrogen and oxygen atoms in total. The molecule has 0 aliphatic heterocycles. The molecular weight excluding hydrogens is 440 g/mol. The first kappa shape index (κ1) is 24.6. The van der Waals surface area contributed by atoms with Gasteiger partial charge in [0.2, 0.25) is 0 Å². The Morgan fingerprint density at radius 1 is 0.806 bits per heavy atom. The molecule has 0 amide bonds. The minimum Gasteiger partial charge on any atom is -0.455 e. The molecule has 5 rings (SSSR count). The van der Waals surface area contributed by atoms with Gasteiger partial charge in [-0.15, -0.1) is 0 Å². The van der Waals surface area contributed by atoms with E-state index in [4.69, 9.17) is 4.74 Å². The summed E-state index contributed by atoms with van der Waals surface area (Å²) in [7, 11) is 0. The molecule has 186 valence electrons. The van der Waals surface area contributed by atoms with Gasteiger partial charge in [-0.2, -0.15) is 0 Å². The van der Waals surface area contributed by atoms with Crippen molar-refractivity contribution in [3.05, 3.63) is 84.4 Å². The Morgan fingerprint density at radius 2 is 1.44 bits per heavy atom. The zero-order valence-corrected chi connectivity index (χ0v) is 22.1. The van der Waals surface area contributed by atoms with Crippen LogP contribution in [0.2, 0.25) is 0 Å². The van der Waals surface area contributed by atoms with E-state index in [9.17, 15) is 4.79 Å². The Balaban J connectivity index is 1.36. The molecule has 0 saturated heterocycles. The standard InChI is InChI=1S/C34H38O2/c1-5-23(2)24-11-13-26(14-12-24)33(35)36-34(3,4)32-18-17-29-19-28-16-15-27(25-9-7-6-8-10-25)20-30(28)21-31(29)22-32/h6-10,15-24,26H,5,11-14H2,1-4H3. The summed E-state index contributed by atoms with van der Waals surface area (Å²) >= 11 is 0. The van der Waals surface area contributed by atoms with Crippen molar-refractivity contribution in [2.45, 2.75) is 65.4 Å². The van der Waals surface area contributed by atoms with E-state index in [1.54, 1.807) is 0 Å². The molecule has 1 fully saturated rings. The summed E-state index contributed by atoms with van der Waals surface area (Å²) in [5.74, 6) is 1.50. The number of esters is 1. The van der Waals surface area contributed by atoms with E-state index in [-0.39, 0.29) is 11.9 Å². The van der Waals surface area contributed by atoms with Gasteiger partial charge in [0.15, 0.2) is 0 Å². The van der Waals surface area contributed by atoms with Gasteiger partial charge in [0.05, 0.1) is 5.92 Å². The van der Waals surface area contributed by atoms with Crippen molar-refractivity contribution in [3.63, 3.8) is 0 Å². The molecule has 0 spiro atoms. The summed E-state index contributed by atoms with van der Waals surface area (Å²) in [4.78, 5) is 13.1. The molecule has 0 radical (unpaired) electrons. The van der Waals surface area contributed by atoms with Crippen molar-refractivity contribution in [2.24, 2.45) is 17.8 Å². The number of carbonyl (C=O) groups is 1. The van der Waals surface area contributed by atoms with E-state index >= 15 is 0 Å². The van der Waals surface area contributed by atoms with Crippen LogP contribution in [0.15, 0.2) is 78.9 Å².